The van der Waals surface area contributed by atoms with Gasteiger partial charge >= 0.3 is 7.12 Å². The molecule has 2 aromatic heterocycles. The summed E-state index contributed by atoms with van der Waals surface area (Å²) >= 11 is 0. The predicted octanol–water partition coefficient (Wildman–Crippen LogP) is 5.27. The minimum Gasteiger partial charge on any atom is -0.455 e. The summed E-state index contributed by atoms with van der Waals surface area (Å²) in [6.45, 7) is 7.84. The summed E-state index contributed by atoms with van der Waals surface area (Å²) in [5.41, 5.74) is 1.90. The number of nitrogens with zero attached hydrogens (tertiary/aromatic N) is 2. The second-order valence-corrected chi connectivity index (χ2v) is 14.0. The van der Waals surface area contributed by atoms with Crippen molar-refractivity contribution >= 4 is 51.0 Å². The van der Waals surface area contributed by atoms with Crippen molar-refractivity contribution in [1.29, 1.82) is 0 Å². The van der Waals surface area contributed by atoms with Crippen LogP contribution in [0, 0.1) is 5.82 Å². The second kappa shape index (κ2) is 10.2. The highest BCUT2D eigenvalue weighted by atomic mass is 32.2. The molecule has 2 fully saturated rings. The van der Waals surface area contributed by atoms with Gasteiger partial charge in [0.15, 0.2) is 0 Å². The van der Waals surface area contributed by atoms with Gasteiger partial charge in [-0.3, -0.25) is 4.79 Å². The first kappa shape index (κ1) is 29.3. The average molecular weight is 605 g/mol. The summed E-state index contributed by atoms with van der Waals surface area (Å²) in [6.07, 6.45) is 4.44. The molecule has 12 heteroatoms. The lowest BCUT2D eigenvalue weighted by Crippen LogP contribution is -2.41. The van der Waals surface area contributed by atoms with Crippen LogP contribution in [0.5, 0.6) is 0 Å². The Kier molecular flexibility index (Phi) is 6.94. The van der Waals surface area contributed by atoms with Crippen LogP contribution < -0.4 is 15.1 Å². The Labute approximate surface area is 250 Å². The monoisotopic (exact) mass is 605 g/mol. The quantitative estimate of drug-likeness (QED) is 0.286. The largest absolute Gasteiger partial charge is 0.496 e. The van der Waals surface area contributed by atoms with E-state index in [1.165, 1.54) is 35.6 Å². The summed E-state index contributed by atoms with van der Waals surface area (Å²) in [7, 11) is -2.99. The molecule has 2 aliphatic rings. The third-order valence-corrected chi connectivity index (χ3v) is 9.52. The van der Waals surface area contributed by atoms with Gasteiger partial charge in [-0.25, -0.2) is 22.1 Å². The molecule has 43 heavy (non-hydrogen) atoms. The number of fused-ring (bicyclic) bond motifs is 1. The molecule has 2 aromatic carbocycles. The fourth-order valence-electron chi connectivity index (χ4n) is 5.31. The Morgan fingerprint density at radius 1 is 1.05 bits per heavy atom. The van der Waals surface area contributed by atoms with E-state index in [9.17, 15) is 17.6 Å². The zero-order chi connectivity index (χ0) is 30.9. The highest BCUT2D eigenvalue weighted by molar-refractivity contribution is 7.92. The molecule has 1 amide bonds. The highest BCUT2D eigenvalue weighted by Crippen LogP contribution is 2.49. The molecule has 1 N–H and O–H groups in total. The number of hydrogen-bond acceptors (Lipinski definition) is 7. The van der Waals surface area contributed by atoms with Crippen molar-refractivity contribution in [2.75, 3.05) is 17.6 Å². The number of halogens is 1. The van der Waals surface area contributed by atoms with E-state index in [0.29, 0.717) is 33.2 Å². The molecule has 0 radical (unpaired) electrons. The highest BCUT2D eigenvalue weighted by Gasteiger charge is 2.51. The Bertz CT molecular complexity index is 1820. The van der Waals surface area contributed by atoms with Gasteiger partial charge in [0.1, 0.15) is 23.0 Å². The van der Waals surface area contributed by atoms with Crippen LogP contribution in [0.15, 0.2) is 59.1 Å². The zero-order valence-corrected chi connectivity index (χ0v) is 25.7. The van der Waals surface area contributed by atoms with Crippen LogP contribution in [0.1, 0.15) is 62.4 Å². The number of nitrogens with one attached hydrogen (secondary N) is 1. The predicted molar refractivity (Wildman–Crippen MR) is 164 cm³/mol. The molecule has 0 atom stereocenters. The number of carbonyl (C=O) groups excluding carboxylic acids is 1. The third-order valence-electron chi connectivity index (χ3n) is 8.47. The number of carbonyl (C=O) groups is 1. The van der Waals surface area contributed by atoms with E-state index < -0.39 is 34.2 Å². The molecule has 224 valence electrons. The molecule has 6 rings (SSSR count). The minimum atomic E-state index is -3.87. The van der Waals surface area contributed by atoms with Crippen LogP contribution in [0.2, 0.25) is 0 Å². The van der Waals surface area contributed by atoms with Gasteiger partial charge in [-0.1, -0.05) is 6.07 Å². The molecule has 0 bridgehead atoms. The lowest BCUT2D eigenvalue weighted by molar-refractivity contribution is 0.00578. The van der Waals surface area contributed by atoms with Gasteiger partial charge in [0.2, 0.25) is 10.0 Å². The van der Waals surface area contributed by atoms with E-state index >= 15 is 0 Å². The van der Waals surface area contributed by atoms with Crippen LogP contribution in [-0.2, 0) is 19.3 Å². The van der Waals surface area contributed by atoms with E-state index in [-0.39, 0.29) is 23.4 Å². The van der Waals surface area contributed by atoms with Crippen molar-refractivity contribution < 1.29 is 31.3 Å². The van der Waals surface area contributed by atoms with Gasteiger partial charge < -0.3 is 19.0 Å². The smallest absolute Gasteiger partial charge is 0.455 e. The summed E-state index contributed by atoms with van der Waals surface area (Å²) in [6, 6.07) is 12.5. The second-order valence-electron chi connectivity index (χ2n) is 12.1. The third kappa shape index (κ3) is 5.21. The van der Waals surface area contributed by atoms with E-state index in [1.807, 2.05) is 33.8 Å². The number of sulfonamides is 1. The summed E-state index contributed by atoms with van der Waals surface area (Å²) in [5, 5.41) is 3.20. The Hall–Kier alpha value is -3.74. The van der Waals surface area contributed by atoms with Crippen LogP contribution in [0.4, 0.5) is 15.9 Å². The van der Waals surface area contributed by atoms with E-state index in [4.69, 9.17) is 13.7 Å². The maximum Gasteiger partial charge on any atom is 0.496 e. The van der Waals surface area contributed by atoms with E-state index in [0.717, 1.165) is 24.7 Å². The number of hydrogen-bond donors (Lipinski definition) is 1. The maximum absolute atomic E-state index is 13.7. The summed E-state index contributed by atoms with van der Waals surface area (Å²) in [4.78, 5) is 17.6. The molecule has 3 heterocycles. The number of pyridine rings is 1. The lowest BCUT2D eigenvalue weighted by Gasteiger charge is -2.32. The zero-order valence-electron chi connectivity index (χ0n) is 24.9. The van der Waals surface area contributed by atoms with Gasteiger partial charge in [0.25, 0.3) is 5.91 Å². The van der Waals surface area contributed by atoms with Gasteiger partial charge in [-0.05, 0) is 88.4 Å². The van der Waals surface area contributed by atoms with E-state index in [1.54, 1.807) is 24.4 Å². The Balaban J connectivity index is 1.48. The summed E-state index contributed by atoms with van der Waals surface area (Å²) < 4.78 is 60.1. The SMILES string of the molecule is CNC(=O)c1c(-c2ccc(F)cc2)oc2cc(N(c3ccc(B4OC(C)(C)C(C)(C)O4)cn3)S(C)(=O)=O)c(C3CC3)cc12. The van der Waals surface area contributed by atoms with Gasteiger partial charge in [0.05, 0.1) is 28.7 Å². The number of aromatic nitrogens is 1. The van der Waals surface area contributed by atoms with Crippen LogP contribution in [0.25, 0.3) is 22.3 Å². The molecule has 1 saturated heterocycles. The van der Waals surface area contributed by atoms with Crippen molar-refractivity contribution in [1.82, 2.24) is 10.3 Å². The van der Waals surface area contributed by atoms with Crippen molar-refractivity contribution in [3.8, 4) is 11.3 Å². The van der Waals surface area contributed by atoms with Crippen LogP contribution >= 0.6 is 0 Å². The maximum atomic E-state index is 13.7. The number of amides is 1. The normalized spacial score (nSPS) is 17.8. The fourth-order valence-corrected chi connectivity index (χ4v) is 6.27. The molecule has 1 aliphatic carbocycles. The van der Waals surface area contributed by atoms with Crippen molar-refractivity contribution in [2.24, 2.45) is 0 Å². The standard InChI is InChI=1S/C31H33BFN3O6S/c1-30(2)31(3,4)42-32(41-30)20-11-14-26(35-17-20)36(43(6,38)39)24-16-25-23(15-22(24)18-7-8-18)27(29(37)34-5)28(40-25)19-9-12-21(33)13-10-19/h9-18H,7-8H2,1-6H3,(H,34,37). The Morgan fingerprint density at radius 2 is 1.70 bits per heavy atom. The number of rotatable bonds is 7. The van der Waals surface area contributed by atoms with Crippen LogP contribution in [-0.4, -0.2) is 50.9 Å². The first-order chi connectivity index (χ1) is 20.2. The molecular formula is C31H33BFN3O6S. The number of benzene rings is 2. The topological polar surface area (TPSA) is 111 Å². The van der Waals surface area contributed by atoms with Crippen molar-refractivity contribution in [2.45, 2.75) is 57.7 Å². The molecule has 0 unspecified atom stereocenters. The minimum absolute atomic E-state index is 0.106. The van der Waals surface area contributed by atoms with Crippen LogP contribution in [0.3, 0.4) is 0 Å². The van der Waals surface area contributed by atoms with E-state index in [2.05, 4.69) is 10.3 Å². The first-order valence-corrected chi connectivity index (χ1v) is 16.0. The lowest BCUT2D eigenvalue weighted by atomic mass is 9.80. The van der Waals surface area contributed by atoms with Gasteiger partial charge in [-0.2, -0.15) is 0 Å². The first-order valence-electron chi connectivity index (χ1n) is 14.1. The Morgan fingerprint density at radius 3 is 2.23 bits per heavy atom. The summed E-state index contributed by atoms with van der Waals surface area (Å²) in [5.74, 6) is -0.216. The fraction of sp³-hybridized carbons (Fsp3) is 0.355. The van der Waals surface area contributed by atoms with Crippen molar-refractivity contribution in [3.05, 3.63) is 71.7 Å². The molecular weight excluding hydrogens is 572 g/mol. The number of furan rings is 1. The molecule has 9 nitrogen and oxygen atoms in total. The van der Waals surface area contributed by atoms with Gasteiger partial charge in [0, 0.05) is 35.7 Å². The average Bonchev–Trinajstić information content (AvgIpc) is 3.67. The molecule has 4 aromatic rings. The number of anilines is 2. The van der Waals surface area contributed by atoms with Gasteiger partial charge in [-0.15, -0.1) is 0 Å². The molecule has 1 saturated carbocycles. The van der Waals surface area contributed by atoms with Crippen molar-refractivity contribution in [3.63, 3.8) is 0 Å². The molecule has 0 spiro atoms. The molecule has 1 aliphatic heterocycles.